The van der Waals surface area contributed by atoms with Crippen LogP contribution in [0.2, 0.25) is 0 Å². The van der Waals surface area contributed by atoms with E-state index in [0.29, 0.717) is 105 Å². The Morgan fingerprint density at radius 2 is 1.06 bits per heavy atom. The first-order valence-electron chi connectivity index (χ1n) is 20.6. The lowest BCUT2D eigenvalue weighted by molar-refractivity contribution is -0.145. The first kappa shape index (κ1) is 59.8. The van der Waals surface area contributed by atoms with Gasteiger partial charge in [0.25, 0.3) is 0 Å². The smallest absolute Gasteiger partial charge is 0.407 e. The third kappa shape index (κ3) is 43.8. The van der Waals surface area contributed by atoms with E-state index in [0.717, 1.165) is 6.29 Å². The molecule has 3 amide bonds. The van der Waals surface area contributed by atoms with Crippen molar-refractivity contribution in [3.8, 4) is 6.07 Å². The fourth-order valence-electron chi connectivity index (χ4n) is 4.09. The Morgan fingerprint density at radius 3 is 1.50 bits per heavy atom. The van der Waals surface area contributed by atoms with Crippen LogP contribution in [-0.2, 0) is 71.3 Å². The van der Waals surface area contributed by atoms with Crippen LogP contribution in [0.5, 0.6) is 0 Å². The molecule has 0 saturated carbocycles. The third-order valence-electron chi connectivity index (χ3n) is 7.33. The number of aldehydes is 1. The molecule has 0 bridgehead atoms. The molecule has 21 nitrogen and oxygen atoms in total. The quantitative estimate of drug-likeness (QED) is 0.0299. The third-order valence-corrected chi connectivity index (χ3v) is 7.33. The molecule has 0 aliphatic rings. The summed E-state index contributed by atoms with van der Waals surface area (Å²) in [4.78, 5) is 73.5. The number of carbonyl (C=O) groups excluding carboxylic acids is 6. The Hall–Kier alpha value is -4.27. The van der Waals surface area contributed by atoms with Crippen molar-refractivity contribution in [2.75, 3.05) is 160 Å². The van der Waals surface area contributed by atoms with E-state index in [-0.39, 0.29) is 76.6 Å². The monoisotopic (exact) mass is 892 g/mol. The zero-order valence-electron chi connectivity index (χ0n) is 37.9. The van der Waals surface area contributed by atoms with Gasteiger partial charge < -0.3 is 67.3 Å². The topological polar surface area (TPSA) is 240 Å². The molecule has 0 aliphatic carbocycles. The van der Waals surface area contributed by atoms with Crippen molar-refractivity contribution in [1.82, 2.24) is 20.0 Å². The lowest BCUT2D eigenvalue weighted by Gasteiger charge is -2.24. The Kier molecular flexibility index (Phi) is 40.6. The molecule has 0 heterocycles. The van der Waals surface area contributed by atoms with Crippen LogP contribution in [0.4, 0.5) is 4.79 Å². The minimum Gasteiger partial charge on any atom is -0.465 e. The summed E-state index contributed by atoms with van der Waals surface area (Å²) in [5, 5.41) is 10.9. The molecule has 0 spiro atoms. The Bertz CT molecular complexity index is 1250. The van der Waals surface area contributed by atoms with E-state index in [1.807, 2.05) is 6.07 Å². The zero-order chi connectivity index (χ0) is 46.7. The number of nitrogens with zero attached hydrogens (tertiary/aromatic N) is 4. The van der Waals surface area contributed by atoms with Crippen LogP contribution in [-0.4, -0.2) is 216 Å². The van der Waals surface area contributed by atoms with Gasteiger partial charge in [0.2, 0.25) is 11.8 Å². The largest absolute Gasteiger partial charge is 0.465 e. The maximum absolute atomic E-state index is 12.5. The van der Waals surface area contributed by atoms with Crippen molar-refractivity contribution < 1.29 is 76.1 Å². The number of nitriles is 1. The summed E-state index contributed by atoms with van der Waals surface area (Å²) in [7, 11) is 5.07. The van der Waals surface area contributed by atoms with Crippen molar-refractivity contribution in [3.63, 3.8) is 0 Å². The second-order valence-electron chi connectivity index (χ2n) is 14.1. The molecular formula is C41H73N5O16. The average molecular weight is 892 g/mol. The van der Waals surface area contributed by atoms with Gasteiger partial charge in [-0.2, -0.15) is 5.26 Å². The summed E-state index contributed by atoms with van der Waals surface area (Å²) < 4.78 is 52.2. The van der Waals surface area contributed by atoms with Gasteiger partial charge in [0.05, 0.1) is 131 Å². The Morgan fingerprint density at radius 1 is 0.629 bits per heavy atom. The zero-order valence-corrected chi connectivity index (χ0v) is 37.9. The molecule has 0 aromatic rings. The van der Waals surface area contributed by atoms with E-state index in [1.54, 1.807) is 56.6 Å². The van der Waals surface area contributed by atoms with Crippen LogP contribution >= 0.6 is 0 Å². The Labute approximate surface area is 367 Å². The molecule has 62 heavy (non-hydrogen) atoms. The molecule has 0 saturated heterocycles. The predicted octanol–water partition coefficient (Wildman–Crippen LogP) is 1.02. The maximum atomic E-state index is 12.5. The highest BCUT2D eigenvalue weighted by Crippen LogP contribution is 2.06. The van der Waals surface area contributed by atoms with Gasteiger partial charge in [-0.1, -0.05) is 12.7 Å². The molecule has 21 heteroatoms. The minimum absolute atomic E-state index is 0.0910. The maximum Gasteiger partial charge on any atom is 0.407 e. The summed E-state index contributed by atoms with van der Waals surface area (Å²) >= 11 is 0. The van der Waals surface area contributed by atoms with Gasteiger partial charge in [-0.25, -0.2) is 4.79 Å². The molecule has 0 rings (SSSR count). The number of ether oxygens (including phenoxy) is 10. The molecule has 0 aliphatic heterocycles. The van der Waals surface area contributed by atoms with E-state index in [4.69, 9.17) is 52.6 Å². The number of nitrogens with one attached hydrogen (secondary N) is 1. The molecule has 0 unspecified atom stereocenters. The highest BCUT2D eigenvalue weighted by molar-refractivity contribution is 5.81. The number of carbonyl (C=O) groups is 6. The number of alkyl carbamates (subject to hydrolysis) is 1. The van der Waals surface area contributed by atoms with Crippen LogP contribution < -0.4 is 5.32 Å². The lowest BCUT2D eigenvalue weighted by Crippen LogP contribution is -2.43. The number of amides is 3. The highest BCUT2D eigenvalue weighted by Gasteiger charge is 2.17. The van der Waals surface area contributed by atoms with Crippen LogP contribution in [0, 0.1) is 11.3 Å². The van der Waals surface area contributed by atoms with Crippen molar-refractivity contribution in [3.05, 3.63) is 12.7 Å². The standard InChI is InChI=1S/C31H54N4O12.C10H19NO4/c1-5-12-46-30(38)7-14-40-18-22-44-24-20-42-16-10-34(3)28(36)26-33(2)27-29(37)35(4)11-17-43-21-25-45-23-19-41-15-8-31(39)47-13-6-9-32;1-10(2,3)15-9(13)11-5-8-14-7-4-6-12/h5H,1,6-8,10-27H2,2-4H3;6H,4-5,7-8H2,1-3H3,(H,11,13). The molecule has 1 N–H and O–H groups in total. The Balaban J connectivity index is 0. The summed E-state index contributed by atoms with van der Waals surface area (Å²) in [5.41, 5.74) is -0.484. The van der Waals surface area contributed by atoms with Crippen LogP contribution in [0.3, 0.4) is 0 Å². The number of rotatable bonds is 38. The van der Waals surface area contributed by atoms with Gasteiger partial charge >= 0.3 is 18.0 Å². The van der Waals surface area contributed by atoms with E-state index in [2.05, 4.69) is 11.9 Å². The summed E-state index contributed by atoms with van der Waals surface area (Å²) in [6.45, 7) is 15.4. The molecular weight excluding hydrogens is 818 g/mol. The van der Waals surface area contributed by atoms with Crippen LogP contribution in [0.15, 0.2) is 12.7 Å². The van der Waals surface area contributed by atoms with Crippen molar-refractivity contribution >= 4 is 36.1 Å². The second-order valence-corrected chi connectivity index (χ2v) is 14.1. The minimum atomic E-state index is -0.484. The van der Waals surface area contributed by atoms with E-state index in [1.165, 1.54) is 6.08 Å². The van der Waals surface area contributed by atoms with E-state index in [9.17, 15) is 28.8 Å². The summed E-state index contributed by atoms with van der Waals surface area (Å²) in [6, 6.07) is 1.89. The van der Waals surface area contributed by atoms with Crippen molar-refractivity contribution in [1.29, 1.82) is 5.26 Å². The average Bonchev–Trinajstić information content (AvgIpc) is 3.21. The van der Waals surface area contributed by atoms with E-state index >= 15 is 0 Å². The number of esters is 2. The van der Waals surface area contributed by atoms with Gasteiger partial charge in [-0.05, 0) is 27.8 Å². The fraction of sp³-hybridized carbons (Fsp3) is 0.780. The summed E-state index contributed by atoms with van der Waals surface area (Å²) in [5.74, 6) is -0.995. The van der Waals surface area contributed by atoms with Crippen molar-refractivity contribution in [2.45, 2.75) is 52.1 Å². The number of hydrogen-bond donors (Lipinski definition) is 1. The molecule has 0 fully saturated rings. The first-order valence-corrected chi connectivity index (χ1v) is 20.6. The highest BCUT2D eigenvalue weighted by atomic mass is 16.6. The predicted molar refractivity (Wildman–Crippen MR) is 225 cm³/mol. The molecule has 358 valence electrons. The van der Waals surface area contributed by atoms with Gasteiger partial charge in [0, 0.05) is 40.2 Å². The lowest BCUT2D eigenvalue weighted by atomic mass is 10.2. The molecule has 0 aromatic carbocycles. The summed E-state index contributed by atoms with van der Waals surface area (Å²) in [6.07, 6.45) is 2.69. The molecule has 0 radical (unpaired) electrons. The van der Waals surface area contributed by atoms with Crippen LogP contribution in [0.25, 0.3) is 0 Å². The normalized spacial score (nSPS) is 10.8. The molecule has 0 aromatic heterocycles. The van der Waals surface area contributed by atoms with Gasteiger partial charge in [-0.3, -0.25) is 24.1 Å². The van der Waals surface area contributed by atoms with E-state index < -0.39 is 17.7 Å². The number of hydrogen-bond acceptors (Lipinski definition) is 18. The van der Waals surface area contributed by atoms with Crippen molar-refractivity contribution in [2.24, 2.45) is 0 Å². The second kappa shape index (κ2) is 42.1. The first-order chi connectivity index (χ1) is 29.7. The van der Waals surface area contributed by atoms with Gasteiger partial charge in [0.1, 0.15) is 25.1 Å². The van der Waals surface area contributed by atoms with Gasteiger partial charge in [-0.15, -0.1) is 0 Å². The molecule has 0 atom stereocenters. The number of likely N-dealkylation sites (N-methyl/N-ethyl adjacent to an activating group) is 3. The SMILES string of the molecule is C=CCOC(=O)CCOCCOCCOCCN(C)C(=O)CN(C)CC(=O)N(C)CCOCCOCCOCCC(=O)OCCC#N.CC(C)(C)OC(=O)NCCOCCC=O. The van der Waals surface area contributed by atoms with Gasteiger partial charge in [0.15, 0.2) is 0 Å². The van der Waals surface area contributed by atoms with Crippen LogP contribution in [0.1, 0.15) is 46.5 Å². The fourth-order valence-corrected chi connectivity index (χ4v) is 4.09.